The molecule has 0 aromatic heterocycles. The van der Waals surface area contributed by atoms with Crippen molar-refractivity contribution in [3.05, 3.63) is 76.3 Å². The number of halogens is 1. The van der Waals surface area contributed by atoms with Crippen LogP contribution in [0, 0.1) is 11.8 Å². The van der Waals surface area contributed by atoms with Crippen molar-refractivity contribution in [2.24, 2.45) is 11.8 Å². The van der Waals surface area contributed by atoms with E-state index in [4.69, 9.17) is 4.74 Å². The molecular formula is C23H18BrNO5. The highest BCUT2D eigenvalue weighted by atomic mass is 79.9. The average Bonchev–Trinajstić information content (AvgIpc) is 3.03. The summed E-state index contributed by atoms with van der Waals surface area (Å²) in [7, 11) is 0. The number of amides is 2. The number of allylic oxidation sites excluding steroid dienone is 2. The normalized spacial score (nSPS) is 20.2. The highest BCUT2D eigenvalue weighted by Gasteiger charge is 2.47. The summed E-state index contributed by atoms with van der Waals surface area (Å²) in [5.41, 5.74) is 0.946. The molecular weight excluding hydrogens is 450 g/mol. The van der Waals surface area contributed by atoms with E-state index in [0.29, 0.717) is 24.1 Å². The van der Waals surface area contributed by atoms with Crippen molar-refractivity contribution in [3.8, 4) is 0 Å². The van der Waals surface area contributed by atoms with Crippen molar-refractivity contribution >= 4 is 45.2 Å². The van der Waals surface area contributed by atoms with Crippen LogP contribution in [0.1, 0.15) is 33.6 Å². The number of benzene rings is 2. The SMILES string of the molecule is O=C(COC(=O)c1cccc(N2C(=O)[C@H]3CC=CC[C@H]3C2=O)c1)c1ccc(Br)cc1. The van der Waals surface area contributed by atoms with Crippen molar-refractivity contribution < 1.29 is 23.9 Å². The molecule has 1 aliphatic heterocycles. The van der Waals surface area contributed by atoms with Crippen LogP contribution in [0.4, 0.5) is 5.69 Å². The van der Waals surface area contributed by atoms with Gasteiger partial charge in [-0.1, -0.05) is 46.3 Å². The predicted molar refractivity (Wildman–Crippen MR) is 113 cm³/mol. The van der Waals surface area contributed by atoms with E-state index in [1.54, 1.807) is 36.4 Å². The Kier molecular flexibility index (Phi) is 5.63. The largest absolute Gasteiger partial charge is 0.454 e. The minimum absolute atomic E-state index is 0.171. The van der Waals surface area contributed by atoms with E-state index < -0.39 is 12.6 Å². The number of rotatable bonds is 5. The maximum Gasteiger partial charge on any atom is 0.338 e. The molecule has 2 atom stereocenters. The van der Waals surface area contributed by atoms with Gasteiger partial charge >= 0.3 is 5.97 Å². The Morgan fingerprint density at radius 3 is 2.20 bits per heavy atom. The first-order valence-corrected chi connectivity index (χ1v) is 10.3. The molecule has 4 rings (SSSR count). The highest BCUT2D eigenvalue weighted by Crippen LogP contribution is 2.37. The predicted octanol–water partition coefficient (Wildman–Crippen LogP) is 3.94. The van der Waals surface area contributed by atoms with E-state index in [2.05, 4.69) is 15.9 Å². The number of carbonyl (C=O) groups excluding carboxylic acids is 4. The van der Waals surface area contributed by atoms with E-state index in [-0.39, 0.29) is 35.0 Å². The van der Waals surface area contributed by atoms with Gasteiger partial charge in [0.2, 0.25) is 11.8 Å². The van der Waals surface area contributed by atoms with Gasteiger partial charge in [-0.15, -0.1) is 0 Å². The number of imide groups is 1. The van der Waals surface area contributed by atoms with Gasteiger partial charge in [0.1, 0.15) is 0 Å². The summed E-state index contributed by atoms with van der Waals surface area (Å²) in [5, 5.41) is 0. The topological polar surface area (TPSA) is 80.8 Å². The number of fused-ring (bicyclic) bond motifs is 1. The molecule has 0 spiro atoms. The molecule has 0 unspecified atom stereocenters. The summed E-state index contributed by atoms with van der Waals surface area (Å²) < 4.78 is 5.98. The fraction of sp³-hybridized carbons (Fsp3) is 0.217. The number of Topliss-reactive ketones (excluding diaryl/α,β-unsaturated/α-hetero) is 1. The van der Waals surface area contributed by atoms with Crippen LogP contribution in [-0.4, -0.2) is 30.2 Å². The number of carbonyl (C=O) groups is 4. The van der Waals surface area contributed by atoms with E-state index in [9.17, 15) is 19.2 Å². The first-order chi connectivity index (χ1) is 14.5. The van der Waals surface area contributed by atoms with Gasteiger partial charge in [0.15, 0.2) is 12.4 Å². The van der Waals surface area contributed by atoms with Crippen LogP contribution in [-0.2, 0) is 14.3 Å². The zero-order valence-electron chi connectivity index (χ0n) is 15.9. The van der Waals surface area contributed by atoms with E-state index in [1.807, 2.05) is 12.2 Å². The molecule has 0 saturated carbocycles. The fourth-order valence-corrected chi connectivity index (χ4v) is 4.02. The van der Waals surface area contributed by atoms with Crippen LogP contribution in [0.5, 0.6) is 0 Å². The van der Waals surface area contributed by atoms with Gasteiger partial charge in [-0.2, -0.15) is 0 Å². The van der Waals surface area contributed by atoms with Crippen LogP contribution >= 0.6 is 15.9 Å². The lowest BCUT2D eigenvalue weighted by Gasteiger charge is -2.15. The summed E-state index contributed by atoms with van der Waals surface area (Å²) in [4.78, 5) is 51.3. The van der Waals surface area contributed by atoms with Crippen LogP contribution < -0.4 is 4.90 Å². The molecule has 0 radical (unpaired) electrons. The minimum atomic E-state index is -0.694. The summed E-state index contributed by atoms with van der Waals surface area (Å²) >= 11 is 3.30. The second-order valence-electron chi connectivity index (χ2n) is 7.22. The molecule has 30 heavy (non-hydrogen) atoms. The average molecular weight is 468 g/mol. The summed E-state index contributed by atoms with van der Waals surface area (Å²) in [6.07, 6.45) is 4.94. The van der Waals surface area contributed by atoms with Gasteiger partial charge in [-0.25, -0.2) is 4.79 Å². The van der Waals surface area contributed by atoms with Gasteiger partial charge < -0.3 is 4.74 Å². The molecule has 7 heteroatoms. The van der Waals surface area contributed by atoms with Crippen LogP contribution in [0.3, 0.4) is 0 Å². The number of nitrogens with zero attached hydrogens (tertiary/aromatic N) is 1. The van der Waals surface area contributed by atoms with Gasteiger partial charge in [-0.05, 0) is 43.2 Å². The summed E-state index contributed by atoms with van der Waals surface area (Å²) in [5.74, 6) is -2.20. The van der Waals surface area contributed by atoms with E-state index in [1.165, 1.54) is 12.1 Å². The number of esters is 1. The maximum absolute atomic E-state index is 12.7. The van der Waals surface area contributed by atoms with Crippen LogP contribution in [0.15, 0.2) is 65.2 Å². The second-order valence-corrected chi connectivity index (χ2v) is 8.14. The zero-order valence-corrected chi connectivity index (χ0v) is 17.5. The highest BCUT2D eigenvalue weighted by molar-refractivity contribution is 9.10. The quantitative estimate of drug-likeness (QED) is 0.288. The summed E-state index contributed by atoms with van der Waals surface area (Å²) in [6, 6.07) is 12.9. The number of hydrogen-bond acceptors (Lipinski definition) is 5. The molecule has 2 amide bonds. The lowest BCUT2D eigenvalue weighted by atomic mass is 9.85. The molecule has 152 valence electrons. The molecule has 1 heterocycles. The Hall–Kier alpha value is -3.06. The number of hydrogen-bond donors (Lipinski definition) is 0. The Balaban J connectivity index is 1.46. The van der Waals surface area contributed by atoms with Crippen LogP contribution in [0.2, 0.25) is 0 Å². The smallest absolute Gasteiger partial charge is 0.338 e. The first kappa shape index (κ1) is 20.2. The molecule has 0 bridgehead atoms. The van der Waals surface area contributed by atoms with Crippen molar-refractivity contribution in [1.82, 2.24) is 0 Å². The monoisotopic (exact) mass is 467 g/mol. The van der Waals surface area contributed by atoms with Crippen molar-refractivity contribution in [2.75, 3.05) is 11.5 Å². The number of ether oxygens (including phenoxy) is 1. The number of anilines is 1. The molecule has 6 nitrogen and oxygen atoms in total. The van der Waals surface area contributed by atoms with Gasteiger partial charge in [0, 0.05) is 10.0 Å². The Morgan fingerprint density at radius 1 is 0.933 bits per heavy atom. The lowest BCUT2D eigenvalue weighted by molar-refractivity contribution is -0.122. The maximum atomic E-state index is 12.7. The molecule has 0 N–H and O–H groups in total. The van der Waals surface area contributed by atoms with Gasteiger partial charge in [0.05, 0.1) is 23.1 Å². The molecule has 1 aliphatic carbocycles. The van der Waals surface area contributed by atoms with Crippen molar-refractivity contribution in [2.45, 2.75) is 12.8 Å². The molecule has 1 saturated heterocycles. The first-order valence-electron chi connectivity index (χ1n) is 9.54. The lowest BCUT2D eigenvalue weighted by Crippen LogP contribution is -2.31. The van der Waals surface area contributed by atoms with Crippen molar-refractivity contribution in [1.29, 1.82) is 0 Å². The third kappa shape index (κ3) is 3.85. The van der Waals surface area contributed by atoms with E-state index >= 15 is 0 Å². The Morgan fingerprint density at radius 2 is 1.57 bits per heavy atom. The Bertz CT molecular complexity index is 1030. The molecule has 1 fully saturated rings. The third-order valence-corrected chi connectivity index (χ3v) is 5.88. The van der Waals surface area contributed by atoms with Gasteiger partial charge in [0.25, 0.3) is 0 Å². The fourth-order valence-electron chi connectivity index (χ4n) is 3.76. The summed E-state index contributed by atoms with van der Waals surface area (Å²) in [6.45, 7) is -0.401. The van der Waals surface area contributed by atoms with Gasteiger partial charge in [-0.3, -0.25) is 19.3 Å². The van der Waals surface area contributed by atoms with Crippen LogP contribution in [0.25, 0.3) is 0 Å². The molecule has 2 aliphatic rings. The third-order valence-electron chi connectivity index (χ3n) is 5.35. The van der Waals surface area contributed by atoms with E-state index in [0.717, 1.165) is 9.37 Å². The number of ketones is 1. The standard InChI is InChI=1S/C23H18BrNO5/c24-16-10-8-14(9-11-16)20(26)13-30-23(29)15-4-3-5-17(12-15)25-21(27)18-6-1-2-7-19(18)22(25)28/h1-5,8-12,18-19H,6-7,13H2/t18-,19+. The second kappa shape index (κ2) is 8.36. The molecule has 2 aromatic carbocycles. The van der Waals surface area contributed by atoms with Crippen molar-refractivity contribution in [3.63, 3.8) is 0 Å². The zero-order chi connectivity index (χ0) is 21.3. The Labute approximate surface area is 181 Å². The minimum Gasteiger partial charge on any atom is -0.454 e. The molecule has 2 aromatic rings.